The zero-order valence-electron chi connectivity index (χ0n) is 14.0. The van der Waals surface area contributed by atoms with Crippen LogP contribution in [-0.4, -0.2) is 16.6 Å². The highest BCUT2D eigenvalue weighted by atomic mass is 35.5. The molecule has 0 fully saturated rings. The van der Waals surface area contributed by atoms with Crippen molar-refractivity contribution in [2.75, 3.05) is 0 Å². The number of esters is 1. The van der Waals surface area contributed by atoms with E-state index < -0.39 is 11.6 Å². The van der Waals surface area contributed by atoms with Gasteiger partial charge in [0.1, 0.15) is 5.60 Å². The van der Waals surface area contributed by atoms with E-state index in [0.717, 1.165) is 16.7 Å². The quantitative estimate of drug-likeness (QED) is 0.771. The molecule has 1 aliphatic rings. The first-order valence-corrected chi connectivity index (χ1v) is 8.01. The Bertz CT molecular complexity index is 838. The van der Waals surface area contributed by atoms with E-state index in [-0.39, 0.29) is 5.76 Å². The fourth-order valence-electron chi connectivity index (χ4n) is 2.67. The highest BCUT2D eigenvalue weighted by molar-refractivity contribution is 6.31. The van der Waals surface area contributed by atoms with Gasteiger partial charge in [-0.2, -0.15) is 0 Å². The van der Waals surface area contributed by atoms with Crippen molar-refractivity contribution in [3.8, 4) is 5.88 Å². The highest BCUT2D eigenvalue weighted by Crippen LogP contribution is 2.40. The summed E-state index contributed by atoms with van der Waals surface area (Å²) >= 11 is 5.99. The van der Waals surface area contributed by atoms with E-state index in [1.54, 1.807) is 6.07 Å². The summed E-state index contributed by atoms with van der Waals surface area (Å²) in [6, 6.07) is 9.59. The molecule has 1 aromatic carbocycles. The van der Waals surface area contributed by atoms with Crippen molar-refractivity contribution in [2.45, 2.75) is 33.3 Å². The second-order valence-corrected chi connectivity index (χ2v) is 6.75. The molecule has 0 saturated carbocycles. The van der Waals surface area contributed by atoms with Gasteiger partial charge >= 0.3 is 5.97 Å². The molecule has 24 heavy (non-hydrogen) atoms. The Morgan fingerprint density at radius 1 is 1.17 bits per heavy atom. The lowest BCUT2D eigenvalue weighted by Crippen LogP contribution is -2.22. The fraction of sp³-hybridized carbons (Fsp3) is 0.263. The summed E-state index contributed by atoms with van der Waals surface area (Å²) in [5.41, 5.74) is 2.78. The maximum absolute atomic E-state index is 12.3. The van der Waals surface area contributed by atoms with Gasteiger partial charge in [0, 0.05) is 12.3 Å². The Hall–Kier alpha value is -2.33. The summed E-state index contributed by atoms with van der Waals surface area (Å²) in [5, 5.41) is 0.546. The van der Waals surface area contributed by atoms with Crippen molar-refractivity contribution in [1.29, 1.82) is 0 Å². The minimum atomic E-state index is -0.775. The number of aryl methyl sites for hydroxylation is 2. The second-order valence-electron chi connectivity index (χ2n) is 6.34. The Balaban J connectivity index is 2.08. The molecule has 4 nitrogen and oxygen atoms in total. The van der Waals surface area contributed by atoms with Crippen LogP contribution in [0.25, 0.3) is 5.57 Å². The van der Waals surface area contributed by atoms with Gasteiger partial charge in [-0.15, -0.1) is 0 Å². The third kappa shape index (κ3) is 3.02. The molecule has 2 aromatic rings. The molecular weight excluding hydrogens is 326 g/mol. The number of carbonyl (C=O) groups is 1. The lowest BCUT2D eigenvalue weighted by Gasteiger charge is -2.21. The summed E-state index contributed by atoms with van der Waals surface area (Å²) < 4.78 is 11.3. The number of pyridine rings is 1. The third-order valence-corrected chi connectivity index (χ3v) is 4.33. The van der Waals surface area contributed by atoms with Crippen molar-refractivity contribution < 1.29 is 14.3 Å². The number of aromatic nitrogens is 1. The number of carbonyl (C=O) groups excluding carboxylic acids is 1. The molecule has 0 spiro atoms. The topological polar surface area (TPSA) is 48.4 Å². The van der Waals surface area contributed by atoms with Crippen molar-refractivity contribution in [2.24, 2.45) is 0 Å². The molecule has 0 bridgehead atoms. The number of hydrogen-bond donors (Lipinski definition) is 0. The molecule has 124 valence electrons. The number of nitrogens with zero attached hydrogens (tertiary/aromatic N) is 1. The van der Waals surface area contributed by atoms with Crippen LogP contribution < -0.4 is 4.74 Å². The predicted octanol–water partition coefficient (Wildman–Crippen LogP) is 4.48. The lowest BCUT2D eigenvalue weighted by atomic mass is 9.91. The summed E-state index contributed by atoms with van der Waals surface area (Å²) in [6.45, 7) is 7.55. The molecule has 3 rings (SSSR count). The van der Waals surface area contributed by atoms with Gasteiger partial charge in [0.2, 0.25) is 11.6 Å². The van der Waals surface area contributed by atoms with E-state index in [2.05, 4.69) is 4.98 Å². The van der Waals surface area contributed by atoms with Crippen molar-refractivity contribution in [3.63, 3.8) is 0 Å². The molecule has 0 radical (unpaired) electrons. The summed E-state index contributed by atoms with van der Waals surface area (Å²) in [5.74, 6) is -0.0192. The van der Waals surface area contributed by atoms with Crippen LogP contribution >= 0.6 is 11.6 Å². The van der Waals surface area contributed by atoms with Crippen LogP contribution in [0.15, 0.2) is 42.3 Å². The second kappa shape index (κ2) is 5.95. The van der Waals surface area contributed by atoms with Crippen LogP contribution in [-0.2, 0) is 9.53 Å². The molecule has 0 aliphatic carbocycles. The standard InChI is InChI=1S/C19H18ClNO3/c1-11-5-7-13(8-6-11)16-17(18(22)24-19(16,3)4)23-15-9-12(2)14(20)10-21-15/h5-10H,1-4H3. The third-order valence-electron chi connectivity index (χ3n) is 3.93. The Morgan fingerprint density at radius 3 is 2.46 bits per heavy atom. The molecule has 0 N–H and O–H groups in total. The van der Waals surface area contributed by atoms with Gasteiger partial charge in [-0.25, -0.2) is 9.78 Å². The molecule has 5 heteroatoms. The van der Waals surface area contributed by atoms with Gasteiger partial charge in [-0.05, 0) is 38.8 Å². The number of cyclic esters (lactones) is 1. The number of halogens is 1. The van der Waals surface area contributed by atoms with Crippen LogP contribution in [0.1, 0.15) is 30.5 Å². The van der Waals surface area contributed by atoms with Gasteiger partial charge < -0.3 is 9.47 Å². The van der Waals surface area contributed by atoms with Gasteiger partial charge in [0.05, 0.1) is 10.6 Å². The molecule has 0 saturated heterocycles. The predicted molar refractivity (Wildman–Crippen MR) is 92.9 cm³/mol. The van der Waals surface area contributed by atoms with E-state index in [1.807, 2.05) is 52.0 Å². The van der Waals surface area contributed by atoms with E-state index in [1.165, 1.54) is 6.20 Å². The molecule has 1 aliphatic heterocycles. The first-order valence-electron chi connectivity index (χ1n) is 7.63. The fourth-order valence-corrected chi connectivity index (χ4v) is 2.77. The van der Waals surface area contributed by atoms with Gasteiger partial charge in [-0.3, -0.25) is 0 Å². The molecule has 0 unspecified atom stereocenters. The minimum Gasteiger partial charge on any atom is -0.449 e. The van der Waals surface area contributed by atoms with Crippen molar-refractivity contribution in [1.82, 2.24) is 4.98 Å². The number of ether oxygens (including phenoxy) is 2. The Labute approximate surface area is 146 Å². The van der Waals surface area contributed by atoms with Crippen LogP contribution in [0.3, 0.4) is 0 Å². The summed E-state index contributed by atoms with van der Waals surface area (Å²) in [4.78, 5) is 16.5. The number of rotatable bonds is 3. The van der Waals surface area contributed by atoms with E-state index in [4.69, 9.17) is 21.1 Å². The smallest absolute Gasteiger partial charge is 0.375 e. The van der Waals surface area contributed by atoms with Crippen LogP contribution in [0, 0.1) is 13.8 Å². The zero-order chi connectivity index (χ0) is 17.5. The van der Waals surface area contributed by atoms with Crippen LogP contribution in [0.4, 0.5) is 0 Å². The van der Waals surface area contributed by atoms with Gasteiger partial charge in [0.15, 0.2) is 0 Å². The first-order chi connectivity index (χ1) is 11.3. The monoisotopic (exact) mass is 343 g/mol. The normalized spacial score (nSPS) is 16.3. The molecule has 2 heterocycles. The molecule has 0 atom stereocenters. The average Bonchev–Trinajstić information content (AvgIpc) is 2.73. The molecule has 1 aromatic heterocycles. The zero-order valence-corrected chi connectivity index (χ0v) is 14.8. The van der Waals surface area contributed by atoms with Gasteiger partial charge in [0.25, 0.3) is 0 Å². The van der Waals surface area contributed by atoms with E-state index in [9.17, 15) is 4.79 Å². The first kappa shape index (κ1) is 16.5. The Kier molecular flexibility index (Phi) is 4.10. The van der Waals surface area contributed by atoms with Crippen LogP contribution in [0.5, 0.6) is 5.88 Å². The lowest BCUT2D eigenvalue weighted by molar-refractivity contribution is -0.145. The van der Waals surface area contributed by atoms with Crippen molar-refractivity contribution >= 4 is 23.1 Å². The molecular formula is C19H18ClNO3. The summed E-state index contributed by atoms with van der Waals surface area (Å²) in [7, 11) is 0. The maximum Gasteiger partial charge on any atom is 0.375 e. The van der Waals surface area contributed by atoms with Crippen molar-refractivity contribution in [3.05, 3.63) is 64.0 Å². The summed E-state index contributed by atoms with van der Waals surface area (Å²) in [6.07, 6.45) is 1.50. The molecule has 0 amide bonds. The average molecular weight is 344 g/mol. The maximum atomic E-state index is 12.3. The highest BCUT2D eigenvalue weighted by Gasteiger charge is 2.43. The van der Waals surface area contributed by atoms with Gasteiger partial charge in [-0.1, -0.05) is 41.4 Å². The van der Waals surface area contributed by atoms with Crippen LogP contribution in [0.2, 0.25) is 5.02 Å². The minimum absolute atomic E-state index is 0.165. The number of benzene rings is 1. The van der Waals surface area contributed by atoms with E-state index >= 15 is 0 Å². The number of hydrogen-bond acceptors (Lipinski definition) is 4. The largest absolute Gasteiger partial charge is 0.449 e. The van der Waals surface area contributed by atoms with E-state index in [0.29, 0.717) is 16.5 Å². The SMILES string of the molecule is Cc1ccc(C2=C(Oc3cc(C)c(Cl)cn3)C(=O)OC2(C)C)cc1. The Morgan fingerprint density at radius 2 is 1.83 bits per heavy atom.